The summed E-state index contributed by atoms with van der Waals surface area (Å²) < 4.78 is 17.1. The second kappa shape index (κ2) is 4.73. The van der Waals surface area contributed by atoms with Crippen molar-refractivity contribution < 1.29 is 13.4 Å². The molecule has 0 saturated heterocycles. The Morgan fingerprint density at radius 2 is 1.21 bits per heavy atom. The highest BCUT2D eigenvalue weighted by molar-refractivity contribution is 6.22. The van der Waals surface area contributed by atoms with E-state index in [0.29, 0.717) is 0 Å². The van der Waals surface area contributed by atoms with Crippen LogP contribution in [0, 0.1) is 0 Å². The van der Waals surface area contributed by atoms with Crippen LogP contribution >= 0.6 is 0 Å². The standard InChI is InChI=1S/C24H15N2O2/c1-25-13-5-12-20(25)26-14-6-2-8-16-21(14)24-22-15(26)7-3-9-17(22)28-19-11-4-10-18(27-16)23(19)24/h2-13H,1H3/q+1. The first kappa shape index (κ1) is 14.3. The number of hydrogen-bond acceptors (Lipinski definition) is 2. The van der Waals surface area contributed by atoms with Gasteiger partial charge < -0.3 is 8.83 Å². The van der Waals surface area contributed by atoms with Gasteiger partial charge in [0.15, 0.2) is 0 Å². The Hall–Kier alpha value is -3.79. The summed E-state index contributed by atoms with van der Waals surface area (Å²) in [6.45, 7) is 0. The number of benzene rings is 3. The summed E-state index contributed by atoms with van der Waals surface area (Å²) in [6.07, 6.45) is 2.07. The van der Waals surface area contributed by atoms with Crippen molar-refractivity contribution in [3.8, 4) is 16.9 Å². The topological polar surface area (TPSA) is 35.1 Å². The molecule has 0 bridgehead atoms. The third-order valence-corrected chi connectivity index (χ3v) is 5.81. The lowest BCUT2D eigenvalue weighted by atomic mass is 9.92. The third-order valence-electron chi connectivity index (χ3n) is 5.81. The minimum absolute atomic E-state index is 0.852. The van der Waals surface area contributed by atoms with Crippen molar-refractivity contribution in [1.29, 1.82) is 0 Å². The van der Waals surface area contributed by atoms with E-state index in [2.05, 4.69) is 58.8 Å². The minimum atomic E-state index is 0.852. The van der Waals surface area contributed by atoms with E-state index in [1.165, 1.54) is 5.56 Å². The Labute approximate surface area is 159 Å². The van der Waals surface area contributed by atoms with Crippen LogP contribution in [0.15, 0.2) is 81.8 Å². The molecule has 3 aromatic carbocycles. The highest BCUT2D eigenvalue weighted by atomic mass is 16.3. The molecule has 0 aliphatic carbocycles. The second-order valence-corrected chi connectivity index (χ2v) is 7.32. The van der Waals surface area contributed by atoms with E-state index in [-0.39, 0.29) is 0 Å². The molecule has 2 aromatic heterocycles. The van der Waals surface area contributed by atoms with E-state index in [1.807, 2.05) is 30.3 Å². The van der Waals surface area contributed by atoms with Crippen molar-refractivity contribution in [3.05, 3.63) is 72.9 Å². The number of pyridine rings is 1. The van der Waals surface area contributed by atoms with Crippen LogP contribution in [0.4, 0.5) is 0 Å². The predicted octanol–water partition coefficient (Wildman–Crippen LogP) is 5.64. The fraction of sp³-hybridized carbons (Fsp3) is 0.0417. The Morgan fingerprint density at radius 3 is 1.79 bits per heavy atom. The van der Waals surface area contributed by atoms with Crippen molar-refractivity contribution in [3.63, 3.8) is 0 Å². The Balaban J connectivity index is 1.91. The van der Waals surface area contributed by atoms with Crippen molar-refractivity contribution in [2.24, 2.45) is 7.05 Å². The van der Waals surface area contributed by atoms with Crippen molar-refractivity contribution in [2.45, 2.75) is 0 Å². The van der Waals surface area contributed by atoms with Crippen LogP contribution in [0.1, 0.15) is 0 Å². The molecule has 132 valence electrons. The zero-order chi connectivity index (χ0) is 18.4. The molecule has 5 aromatic rings. The summed E-state index contributed by atoms with van der Waals surface area (Å²) in [4.78, 5) is 0. The molecule has 0 atom stereocenters. The maximum atomic E-state index is 6.31. The summed E-state index contributed by atoms with van der Waals surface area (Å²) in [5.41, 5.74) is 7.99. The molecule has 2 aliphatic rings. The van der Waals surface area contributed by atoms with E-state index in [1.54, 1.807) is 0 Å². The lowest BCUT2D eigenvalue weighted by molar-refractivity contribution is -0.544. The Morgan fingerprint density at radius 1 is 0.643 bits per heavy atom. The van der Waals surface area contributed by atoms with Crippen LogP contribution in [0.25, 0.3) is 61.1 Å². The summed E-state index contributed by atoms with van der Waals surface area (Å²) in [5, 5.41) is 2.26. The van der Waals surface area contributed by atoms with Gasteiger partial charge in [-0.2, -0.15) is 4.57 Å². The highest BCUT2D eigenvalue weighted by Crippen LogP contribution is 2.47. The number of aromatic nitrogens is 2. The smallest absolute Gasteiger partial charge is 0.286 e. The molecule has 0 unspecified atom stereocenters. The summed E-state index contributed by atoms with van der Waals surface area (Å²) in [6, 6.07) is 22.8. The van der Waals surface area contributed by atoms with Gasteiger partial charge in [0.05, 0.1) is 29.6 Å². The quantitative estimate of drug-likeness (QED) is 0.215. The van der Waals surface area contributed by atoms with Gasteiger partial charge in [0.1, 0.15) is 33.4 Å². The minimum Gasteiger partial charge on any atom is -0.456 e. The first-order valence-electron chi connectivity index (χ1n) is 9.35. The fourth-order valence-corrected chi connectivity index (χ4v) is 4.68. The van der Waals surface area contributed by atoms with Crippen molar-refractivity contribution in [1.82, 2.24) is 4.57 Å². The van der Waals surface area contributed by atoms with E-state index in [4.69, 9.17) is 8.83 Å². The van der Waals surface area contributed by atoms with Gasteiger partial charge in [-0.05, 0) is 42.5 Å². The van der Waals surface area contributed by atoms with Crippen LogP contribution in [-0.2, 0) is 7.05 Å². The molecule has 2 aliphatic heterocycles. The highest BCUT2D eigenvalue weighted by Gasteiger charge is 2.29. The van der Waals surface area contributed by atoms with Gasteiger partial charge in [0.25, 0.3) is 5.82 Å². The molecule has 28 heavy (non-hydrogen) atoms. The molecule has 0 amide bonds. The molecule has 0 radical (unpaired) electrons. The van der Waals surface area contributed by atoms with E-state index in [0.717, 1.165) is 55.5 Å². The SMILES string of the molecule is Cn1cccc1-[n+]1c2cccc3oc4cccc5oc6cccc1c6c(c32)-c45. The zero-order valence-corrected chi connectivity index (χ0v) is 15.1. The third kappa shape index (κ3) is 1.55. The number of aryl methyl sites for hydroxylation is 1. The van der Waals surface area contributed by atoms with Gasteiger partial charge in [-0.1, -0.05) is 18.2 Å². The van der Waals surface area contributed by atoms with Crippen LogP contribution < -0.4 is 4.57 Å². The lowest BCUT2D eigenvalue weighted by Crippen LogP contribution is -2.35. The largest absolute Gasteiger partial charge is 0.456 e. The molecule has 4 nitrogen and oxygen atoms in total. The van der Waals surface area contributed by atoms with Crippen LogP contribution in [0.5, 0.6) is 0 Å². The molecule has 4 heteroatoms. The fourth-order valence-electron chi connectivity index (χ4n) is 4.68. The van der Waals surface area contributed by atoms with Crippen molar-refractivity contribution in [2.75, 3.05) is 0 Å². The van der Waals surface area contributed by atoms with Crippen LogP contribution in [0.3, 0.4) is 0 Å². The molecular formula is C24H15N2O2+. The van der Waals surface area contributed by atoms with Gasteiger partial charge in [0.2, 0.25) is 0 Å². The summed E-state index contributed by atoms with van der Waals surface area (Å²) >= 11 is 0. The van der Waals surface area contributed by atoms with E-state index in [9.17, 15) is 0 Å². The second-order valence-electron chi connectivity index (χ2n) is 7.32. The molecule has 0 N–H and O–H groups in total. The average molecular weight is 363 g/mol. The van der Waals surface area contributed by atoms with Crippen LogP contribution in [0.2, 0.25) is 0 Å². The Kier molecular flexibility index (Phi) is 2.41. The Bertz CT molecular complexity index is 1530. The molecule has 7 rings (SSSR count). The molecule has 0 spiro atoms. The number of rotatable bonds is 1. The molecule has 0 fully saturated rings. The summed E-state index contributed by atoms with van der Waals surface area (Å²) in [5.74, 6) is 1.10. The van der Waals surface area contributed by atoms with Gasteiger partial charge >= 0.3 is 0 Å². The number of nitrogens with zero attached hydrogens (tertiary/aromatic N) is 2. The average Bonchev–Trinajstić information content (AvgIpc) is 3.14. The zero-order valence-electron chi connectivity index (χ0n) is 15.1. The van der Waals surface area contributed by atoms with E-state index < -0.39 is 0 Å². The summed E-state index contributed by atoms with van der Waals surface area (Å²) in [7, 11) is 2.07. The van der Waals surface area contributed by atoms with Gasteiger partial charge in [-0.25, -0.2) is 4.57 Å². The van der Waals surface area contributed by atoms with Crippen molar-refractivity contribution >= 4 is 44.1 Å². The monoisotopic (exact) mass is 363 g/mol. The number of hydrogen-bond donors (Lipinski definition) is 0. The predicted molar refractivity (Wildman–Crippen MR) is 109 cm³/mol. The maximum Gasteiger partial charge on any atom is 0.286 e. The lowest BCUT2D eigenvalue weighted by Gasteiger charge is -2.20. The first-order chi connectivity index (χ1) is 13.8. The molecule has 4 heterocycles. The molecular weight excluding hydrogens is 348 g/mol. The maximum absolute atomic E-state index is 6.31. The van der Waals surface area contributed by atoms with Gasteiger partial charge in [-0.15, -0.1) is 0 Å². The first-order valence-corrected chi connectivity index (χ1v) is 9.35. The molecule has 0 saturated carbocycles. The van der Waals surface area contributed by atoms with Gasteiger partial charge in [-0.3, -0.25) is 0 Å². The van der Waals surface area contributed by atoms with Crippen LogP contribution in [-0.4, -0.2) is 4.57 Å². The van der Waals surface area contributed by atoms with E-state index >= 15 is 0 Å². The normalized spacial score (nSPS) is 12.5. The van der Waals surface area contributed by atoms with Gasteiger partial charge in [0, 0.05) is 11.6 Å².